The van der Waals surface area contributed by atoms with Gasteiger partial charge in [0.05, 0.1) is 12.2 Å². The fraction of sp³-hybridized carbons (Fsp3) is 0.600. The number of hydrogen-bond acceptors (Lipinski definition) is 3. The number of hydrogen-bond donors (Lipinski definition) is 1. The molecule has 1 aromatic rings. The Balaban J connectivity index is 2.18. The van der Waals surface area contributed by atoms with Crippen LogP contribution in [0.15, 0.2) is 18.2 Å². The minimum atomic E-state index is -0.0549. The normalized spacial score (nSPS) is 19.0. The molecule has 2 rings (SSSR count). The Morgan fingerprint density at radius 3 is 2.78 bits per heavy atom. The lowest BCUT2D eigenvalue weighted by molar-refractivity contribution is -0.0277. The first-order valence-corrected chi connectivity index (χ1v) is 6.70. The van der Waals surface area contributed by atoms with Gasteiger partial charge >= 0.3 is 0 Å². The quantitative estimate of drug-likeness (QED) is 0.890. The lowest BCUT2D eigenvalue weighted by atomic mass is 10.0. The summed E-state index contributed by atoms with van der Waals surface area (Å²) >= 11 is 0. The van der Waals surface area contributed by atoms with Crippen LogP contribution >= 0.6 is 0 Å². The molecular formula is C15H24N2O. The summed E-state index contributed by atoms with van der Waals surface area (Å²) in [6.07, 6.45) is 0.954. The van der Waals surface area contributed by atoms with E-state index in [2.05, 4.69) is 43.9 Å². The van der Waals surface area contributed by atoms with Gasteiger partial charge in [0.1, 0.15) is 0 Å². The Hall–Kier alpha value is -1.06. The number of rotatable bonds is 3. The van der Waals surface area contributed by atoms with Gasteiger partial charge in [-0.05, 0) is 50.9 Å². The highest BCUT2D eigenvalue weighted by atomic mass is 16.5. The lowest BCUT2D eigenvalue weighted by Crippen LogP contribution is -2.48. The summed E-state index contributed by atoms with van der Waals surface area (Å²) in [5, 5.41) is 0. The topological polar surface area (TPSA) is 38.5 Å². The fourth-order valence-electron chi connectivity index (χ4n) is 2.62. The molecule has 2 N–H and O–H groups in total. The maximum absolute atomic E-state index is 5.76. The number of anilines is 1. The lowest BCUT2D eigenvalue weighted by Gasteiger charge is -2.40. The zero-order valence-electron chi connectivity index (χ0n) is 11.7. The van der Waals surface area contributed by atoms with Gasteiger partial charge in [-0.1, -0.05) is 12.1 Å². The van der Waals surface area contributed by atoms with E-state index >= 15 is 0 Å². The molecule has 1 saturated heterocycles. The van der Waals surface area contributed by atoms with E-state index in [1.165, 1.54) is 16.8 Å². The van der Waals surface area contributed by atoms with E-state index in [1.807, 2.05) is 0 Å². The molecule has 1 aliphatic rings. The van der Waals surface area contributed by atoms with Crippen LogP contribution in [0.25, 0.3) is 0 Å². The van der Waals surface area contributed by atoms with Crippen LogP contribution in [0.5, 0.6) is 0 Å². The van der Waals surface area contributed by atoms with Gasteiger partial charge in [0.2, 0.25) is 0 Å². The minimum absolute atomic E-state index is 0.0549. The van der Waals surface area contributed by atoms with Crippen LogP contribution in [-0.4, -0.2) is 31.8 Å². The molecule has 1 aromatic carbocycles. The second-order valence-corrected chi connectivity index (χ2v) is 5.69. The molecule has 0 aliphatic carbocycles. The molecule has 100 valence electrons. The van der Waals surface area contributed by atoms with Gasteiger partial charge in [0.25, 0.3) is 0 Å². The van der Waals surface area contributed by atoms with Crippen molar-refractivity contribution in [2.75, 3.05) is 31.1 Å². The van der Waals surface area contributed by atoms with Gasteiger partial charge in [0, 0.05) is 18.8 Å². The van der Waals surface area contributed by atoms with Gasteiger partial charge < -0.3 is 15.4 Å². The Morgan fingerprint density at radius 2 is 2.17 bits per heavy atom. The van der Waals surface area contributed by atoms with Crippen molar-refractivity contribution in [1.82, 2.24) is 0 Å². The van der Waals surface area contributed by atoms with Crippen molar-refractivity contribution in [3.05, 3.63) is 29.3 Å². The van der Waals surface area contributed by atoms with Crippen molar-refractivity contribution < 1.29 is 4.74 Å². The van der Waals surface area contributed by atoms with Crippen molar-refractivity contribution in [2.45, 2.75) is 32.8 Å². The number of aryl methyl sites for hydroxylation is 1. The molecule has 1 aliphatic heterocycles. The molecule has 18 heavy (non-hydrogen) atoms. The monoisotopic (exact) mass is 248 g/mol. The maximum atomic E-state index is 5.76. The van der Waals surface area contributed by atoms with Crippen LogP contribution < -0.4 is 10.6 Å². The molecule has 3 heteroatoms. The van der Waals surface area contributed by atoms with Gasteiger partial charge in [0.15, 0.2) is 0 Å². The van der Waals surface area contributed by atoms with Crippen LogP contribution in [0.1, 0.15) is 25.0 Å². The second kappa shape index (κ2) is 5.29. The van der Waals surface area contributed by atoms with E-state index in [-0.39, 0.29) is 5.60 Å². The summed E-state index contributed by atoms with van der Waals surface area (Å²) in [6.45, 7) is 9.91. The van der Waals surface area contributed by atoms with Gasteiger partial charge in [-0.3, -0.25) is 0 Å². The van der Waals surface area contributed by atoms with E-state index < -0.39 is 0 Å². The summed E-state index contributed by atoms with van der Waals surface area (Å²) in [7, 11) is 0. The molecule has 0 spiro atoms. The predicted molar refractivity (Wildman–Crippen MR) is 76.2 cm³/mol. The van der Waals surface area contributed by atoms with E-state index in [0.717, 1.165) is 26.1 Å². The summed E-state index contributed by atoms with van der Waals surface area (Å²) in [4.78, 5) is 2.42. The smallest absolute Gasteiger partial charge is 0.0801 e. The largest absolute Gasteiger partial charge is 0.372 e. The first kappa shape index (κ1) is 13.4. The van der Waals surface area contributed by atoms with Crippen molar-refractivity contribution in [3.8, 4) is 0 Å². The van der Waals surface area contributed by atoms with E-state index in [1.54, 1.807) is 0 Å². The average molecular weight is 248 g/mol. The number of nitrogens with two attached hydrogens (primary N) is 1. The number of morpholine rings is 1. The minimum Gasteiger partial charge on any atom is -0.372 e. The molecule has 0 atom stereocenters. The second-order valence-electron chi connectivity index (χ2n) is 5.69. The predicted octanol–water partition coefficient (Wildman–Crippen LogP) is 2.11. The summed E-state index contributed by atoms with van der Waals surface area (Å²) in [5.74, 6) is 0. The van der Waals surface area contributed by atoms with Crippen LogP contribution in [-0.2, 0) is 11.2 Å². The Bertz CT molecular complexity index is 415. The molecule has 0 aromatic heterocycles. The van der Waals surface area contributed by atoms with Gasteiger partial charge in [-0.25, -0.2) is 0 Å². The van der Waals surface area contributed by atoms with E-state index in [4.69, 9.17) is 10.5 Å². The average Bonchev–Trinajstić information content (AvgIpc) is 2.28. The van der Waals surface area contributed by atoms with Gasteiger partial charge in [-0.2, -0.15) is 0 Å². The number of nitrogens with zero attached hydrogens (tertiary/aromatic N) is 1. The van der Waals surface area contributed by atoms with E-state index in [0.29, 0.717) is 6.54 Å². The van der Waals surface area contributed by atoms with Crippen LogP contribution in [0.4, 0.5) is 5.69 Å². The van der Waals surface area contributed by atoms with E-state index in [9.17, 15) is 0 Å². The third-order valence-corrected chi connectivity index (χ3v) is 3.46. The number of benzene rings is 1. The van der Waals surface area contributed by atoms with Crippen LogP contribution in [0.3, 0.4) is 0 Å². The Kier molecular flexibility index (Phi) is 3.93. The van der Waals surface area contributed by atoms with Crippen LogP contribution in [0.2, 0.25) is 0 Å². The highest BCUT2D eigenvalue weighted by Gasteiger charge is 2.27. The highest BCUT2D eigenvalue weighted by Crippen LogP contribution is 2.26. The van der Waals surface area contributed by atoms with Crippen molar-refractivity contribution >= 4 is 5.69 Å². The molecule has 0 amide bonds. The molecule has 0 radical (unpaired) electrons. The molecule has 0 saturated carbocycles. The first-order valence-electron chi connectivity index (χ1n) is 6.70. The third-order valence-electron chi connectivity index (χ3n) is 3.46. The zero-order chi connectivity index (χ0) is 13.2. The van der Waals surface area contributed by atoms with Crippen LogP contribution in [0, 0.1) is 6.92 Å². The Morgan fingerprint density at radius 1 is 1.39 bits per heavy atom. The summed E-state index contributed by atoms with van der Waals surface area (Å²) < 4.78 is 5.76. The first-order chi connectivity index (χ1) is 8.52. The SMILES string of the molecule is Cc1cc(CCN)ccc1N1CCOC(C)(C)C1. The zero-order valence-corrected chi connectivity index (χ0v) is 11.7. The molecule has 3 nitrogen and oxygen atoms in total. The standard InChI is InChI=1S/C15H24N2O/c1-12-10-13(6-7-16)4-5-14(12)17-8-9-18-15(2,3)11-17/h4-5,10H,6-9,11,16H2,1-3H3. The summed E-state index contributed by atoms with van der Waals surface area (Å²) in [6, 6.07) is 6.67. The molecule has 0 unspecified atom stereocenters. The molecular weight excluding hydrogens is 224 g/mol. The maximum Gasteiger partial charge on any atom is 0.0801 e. The molecule has 0 bridgehead atoms. The molecule has 1 fully saturated rings. The molecule has 1 heterocycles. The van der Waals surface area contributed by atoms with Crippen molar-refractivity contribution in [1.29, 1.82) is 0 Å². The highest BCUT2D eigenvalue weighted by molar-refractivity contribution is 5.55. The van der Waals surface area contributed by atoms with Crippen molar-refractivity contribution in [3.63, 3.8) is 0 Å². The third kappa shape index (κ3) is 3.03. The van der Waals surface area contributed by atoms with Gasteiger partial charge in [-0.15, -0.1) is 0 Å². The fourth-order valence-corrected chi connectivity index (χ4v) is 2.62. The summed E-state index contributed by atoms with van der Waals surface area (Å²) in [5.41, 5.74) is 9.53. The van der Waals surface area contributed by atoms with Crippen molar-refractivity contribution in [2.24, 2.45) is 5.73 Å². The number of ether oxygens (including phenoxy) is 1. The Labute approximate surface area is 110 Å².